The van der Waals surface area contributed by atoms with Crippen molar-refractivity contribution in [2.45, 2.75) is 32.3 Å². The largest absolute Gasteiger partial charge is 0.478 e. The number of hydrogen-bond acceptors (Lipinski definition) is 4. The Kier molecular flexibility index (Phi) is 3.81. The first kappa shape index (κ1) is 12.8. The monoisotopic (exact) mass is 250 g/mol. The molecule has 2 rings (SSSR count). The van der Waals surface area contributed by atoms with Gasteiger partial charge >= 0.3 is 5.97 Å². The first-order valence-electron chi connectivity index (χ1n) is 6.19. The number of aliphatic hydroxyl groups excluding tert-OH is 1. The third-order valence-electron chi connectivity index (χ3n) is 3.40. The number of aromatic nitrogens is 1. The van der Waals surface area contributed by atoms with Crippen LogP contribution in [0.3, 0.4) is 0 Å². The van der Waals surface area contributed by atoms with E-state index in [4.69, 9.17) is 5.11 Å². The summed E-state index contributed by atoms with van der Waals surface area (Å²) in [5.41, 5.74) is 0.746. The quantitative estimate of drug-likeness (QED) is 0.757. The van der Waals surface area contributed by atoms with Crippen LogP contribution >= 0.6 is 0 Å². The van der Waals surface area contributed by atoms with Crippen LogP contribution in [-0.2, 0) is 0 Å². The molecule has 2 unspecified atom stereocenters. The van der Waals surface area contributed by atoms with Gasteiger partial charge in [0, 0.05) is 6.54 Å². The SMILES string of the molecule is Cc1nc(NCC2CCC(O)C2)ccc1C(=O)O. The van der Waals surface area contributed by atoms with Crippen molar-refractivity contribution in [1.29, 1.82) is 0 Å². The van der Waals surface area contributed by atoms with E-state index in [1.54, 1.807) is 19.1 Å². The maximum Gasteiger partial charge on any atom is 0.337 e. The molecule has 2 atom stereocenters. The smallest absolute Gasteiger partial charge is 0.337 e. The van der Waals surface area contributed by atoms with Crippen molar-refractivity contribution in [2.75, 3.05) is 11.9 Å². The number of aliphatic hydroxyl groups is 1. The highest BCUT2D eigenvalue weighted by molar-refractivity contribution is 5.89. The summed E-state index contributed by atoms with van der Waals surface area (Å²) in [5.74, 6) is 0.214. The fourth-order valence-corrected chi connectivity index (χ4v) is 2.37. The zero-order valence-electron chi connectivity index (χ0n) is 10.4. The molecule has 0 bridgehead atoms. The Labute approximate surface area is 106 Å². The van der Waals surface area contributed by atoms with Gasteiger partial charge in [0.1, 0.15) is 5.82 Å². The molecule has 1 aromatic heterocycles. The molecule has 0 saturated heterocycles. The number of pyridine rings is 1. The minimum Gasteiger partial charge on any atom is -0.478 e. The van der Waals surface area contributed by atoms with Gasteiger partial charge in [-0.25, -0.2) is 9.78 Å². The molecule has 98 valence electrons. The number of nitrogens with zero attached hydrogens (tertiary/aromatic N) is 1. The lowest BCUT2D eigenvalue weighted by Crippen LogP contribution is -2.14. The highest BCUT2D eigenvalue weighted by atomic mass is 16.4. The standard InChI is InChI=1S/C13H18N2O3/c1-8-11(13(17)18)4-5-12(15-8)14-7-9-2-3-10(16)6-9/h4-5,9-10,16H,2-3,6-7H2,1H3,(H,14,15)(H,17,18). The maximum atomic E-state index is 10.8. The van der Waals surface area contributed by atoms with E-state index >= 15 is 0 Å². The number of carboxylic acids is 1. The first-order valence-corrected chi connectivity index (χ1v) is 6.19. The molecule has 1 aliphatic rings. The van der Waals surface area contributed by atoms with Crippen LogP contribution in [-0.4, -0.2) is 33.8 Å². The van der Waals surface area contributed by atoms with Gasteiger partial charge in [0.2, 0.25) is 0 Å². The van der Waals surface area contributed by atoms with Gasteiger partial charge in [0.05, 0.1) is 17.4 Å². The molecule has 0 radical (unpaired) electrons. The maximum absolute atomic E-state index is 10.8. The summed E-state index contributed by atoms with van der Waals surface area (Å²) in [5, 5.41) is 21.5. The summed E-state index contributed by atoms with van der Waals surface area (Å²) in [6.07, 6.45) is 2.57. The summed E-state index contributed by atoms with van der Waals surface area (Å²) in [7, 11) is 0. The van der Waals surface area contributed by atoms with Crippen LogP contribution in [0.4, 0.5) is 5.82 Å². The molecule has 5 nitrogen and oxygen atoms in total. The summed E-state index contributed by atoms with van der Waals surface area (Å²) in [4.78, 5) is 15.1. The number of aromatic carboxylic acids is 1. The normalized spacial score (nSPS) is 23.0. The Morgan fingerprint density at radius 3 is 2.83 bits per heavy atom. The average Bonchev–Trinajstić information content (AvgIpc) is 2.72. The molecule has 0 amide bonds. The predicted octanol–water partition coefficient (Wildman–Crippen LogP) is 1.66. The van der Waals surface area contributed by atoms with Gasteiger partial charge in [-0.05, 0) is 44.2 Å². The Morgan fingerprint density at radius 2 is 2.28 bits per heavy atom. The van der Waals surface area contributed by atoms with Crippen molar-refractivity contribution in [1.82, 2.24) is 4.98 Å². The van der Waals surface area contributed by atoms with Crippen LogP contribution in [0, 0.1) is 12.8 Å². The van der Waals surface area contributed by atoms with E-state index in [0.29, 0.717) is 17.4 Å². The number of anilines is 1. The van der Waals surface area contributed by atoms with E-state index in [2.05, 4.69) is 10.3 Å². The molecular formula is C13H18N2O3. The van der Waals surface area contributed by atoms with Crippen molar-refractivity contribution < 1.29 is 15.0 Å². The fraction of sp³-hybridized carbons (Fsp3) is 0.538. The first-order chi connectivity index (χ1) is 8.56. The minimum absolute atomic E-state index is 0.166. The Balaban J connectivity index is 1.94. The molecule has 5 heteroatoms. The van der Waals surface area contributed by atoms with Crippen molar-refractivity contribution in [2.24, 2.45) is 5.92 Å². The number of aryl methyl sites for hydroxylation is 1. The lowest BCUT2D eigenvalue weighted by atomic mass is 10.1. The van der Waals surface area contributed by atoms with Gasteiger partial charge in [-0.3, -0.25) is 0 Å². The van der Waals surface area contributed by atoms with E-state index < -0.39 is 5.97 Å². The van der Waals surface area contributed by atoms with Crippen LogP contribution in [0.2, 0.25) is 0 Å². The average molecular weight is 250 g/mol. The summed E-state index contributed by atoms with van der Waals surface area (Å²) in [6.45, 7) is 2.46. The molecule has 1 heterocycles. The van der Waals surface area contributed by atoms with E-state index in [1.807, 2.05) is 0 Å². The second-order valence-corrected chi connectivity index (χ2v) is 4.85. The lowest BCUT2D eigenvalue weighted by Gasteiger charge is -2.12. The number of rotatable bonds is 4. The highest BCUT2D eigenvalue weighted by Crippen LogP contribution is 2.25. The van der Waals surface area contributed by atoms with Crippen LogP contribution in [0.5, 0.6) is 0 Å². The van der Waals surface area contributed by atoms with Gasteiger partial charge < -0.3 is 15.5 Å². The van der Waals surface area contributed by atoms with Crippen molar-refractivity contribution in [3.8, 4) is 0 Å². The van der Waals surface area contributed by atoms with Gasteiger partial charge in [-0.1, -0.05) is 0 Å². The van der Waals surface area contributed by atoms with E-state index in [9.17, 15) is 9.90 Å². The summed E-state index contributed by atoms with van der Waals surface area (Å²) < 4.78 is 0. The lowest BCUT2D eigenvalue weighted by molar-refractivity contribution is 0.0695. The molecule has 18 heavy (non-hydrogen) atoms. The Morgan fingerprint density at radius 1 is 1.50 bits per heavy atom. The molecule has 0 spiro atoms. The van der Waals surface area contributed by atoms with E-state index in [1.165, 1.54) is 0 Å². The molecule has 0 aliphatic heterocycles. The van der Waals surface area contributed by atoms with Crippen LogP contribution in [0.15, 0.2) is 12.1 Å². The van der Waals surface area contributed by atoms with E-state index in [0.717, 1.165) is 25.8 Å². The molecular weight excluding hydrogens is 232 g/mol. The van der Waals surface area contributed by atoms with Crippen molar-refractivity contribution in [3.05, 3.63) is 23.4 Å². The topological polar surface area (TPSA) is 82.5 Å². The van der Waals surface area contributed by atoms with Crippen LogP contribution in [0.25, 0.3) is 0 Å². The molecule has 1 saturated carbocycles. The van der Waals surface area contributed by atoms with Gasteiger partial charge in [-0.2, -0.15) is 0 Å². The van der Waals surface area contributed by atoms with Gasteiger partial charge in [-0.15, -0.1) is 0 Å². The highest BCUT2D eigenvalue weighted by Gasteiger charge is 2.22. The number of hydrogen-bond donors (Lipinski definition) is 3. The molecule has 1 fully saturated rings. The molecule has 0 aromatic carbocycles. The second kappa shape index (κ2) is 5.35. The number of carbonyl (C=O) groups is 1. The molecule has 1 aliphatic carbocycles. The Hall–Kier alpha value is -1.62. The third kappa shape index (κ3) is 2.98. The van der Waals surface area contributed by atoms with Gasteiger partial charge in [0.15, 0.2) is 0 Å². The minimum atomic E-state index is -0.953. The summed E-state index contributed by atoms with van der Waals surface area (Å²) in [6, 6.07) is 3.25. The Bertz CT molecular complexity index is 448. The molecule has 3 N–H and O–H groups in total. The predicted molar refractivity (Wildman–Crippen MR) is 67.8 cm³/mol. The van der Waals surface area contributed by atoms with E-state index in [-0.39, 0.29) is 11.7 Å². The number of nitrogens with one attached hydrogen (secondary N) is 1. The fourth-order valence-electron chi connectivity index (χ4n) is 2.37. The third-order valence-corrected chi connectivity index (χ3v) is 3.40. The zero-order valence-corrected chi connectivity index (χ0v) is 10.4. The van der Waals surface area contributed by atoms with Crippen molar-refractivity contribution >= 4 is 11.8 Å². The number of carboxylic acid groups (broad SMARTS) is 1. The van der Waals surface area contributed by atoms with Crippen LogP contribution < -0.4 is 5.32 Å². The molecule has 1 aromatic rings. The van der Waals surface area contributed by atoms with Crippen LogP contribution in [0.1, 0.15) is 35.3 Å². The second-order valence-electron chi connectivity index (χ2n) is 4.85. The zero-order chi connectivity index (χ0) is 13.1. The summed E-state index contributed by atoms with van der Waals surface area (Å²) >= 11 is 0. The van der Waals surface area contributed by atoms with Crippen molar-refractivity contribution in [3.63, 3.8) is 0 Å². The van der Waals surface area contributed by atoms with Gasteiger partial charge in [0.25, 0.3) is 0 Å².